The number of hydrogen-bond acceptors (Lipinski definition) is 3. The molecule has 2 aromatic carbocycles. The number of guanidine groups is 1. The predicted octanol–water partition coefficient (Wildman–Crippen LogP) is 3.78. The van der Waals surface area contributed by atoms with Crippen molar-refractivity contribution in [3.05, 3.63) is 58.7 Å². The monoisotopic (exact) mass is 517 g/mol. The summed E-state index contributed by atoms with van der Waals surface area (Å²) < 4.78 is 37.6. The number of fused-ring (bicyclic) bond motifs is 1. The van der Waals surface area contributed by atoms with Gasteiger partial charge in [-0.15, -0.1) is 24.0 Å². The Hall–Kier alpha value is -2.10. The zero-order valence-electron chi connectivity index (χ0n) is 16.8. The quantitative estimate of drug-likeness (QED) is 0.373. The Morgan fingerprint density at radius 2 is 1.79 bits per heavy atom. The molecule has 1 aliphatic heterocycles. The third-order valence-electron chi connectivity index (χ3n) is 4.92. The highest BCUT2D eigenvalue weighted by Crippen LogP contribution is 2.33. The zero-order valence-corrected chi connectivity index (χ0v) is 19.1. The van der Waals surface area contributed by atoms with Crippen molar-refractivity contribution >= 4 is 29.9 Å². The Kier molecular flexibility index (Phi) is 8.48. The zero-order chi connectivity index (χ0) is 20.1. The van der Waals surface area contributed by atoms with Crippen molar-refractivity contribution in [2.75, 3.05) is 34.4 Å². The second kappa shape index (κ2) is 10.6. The molecule has 0 radical (unpaired) electrons. The summed E-state index contributed by atoms with van der Waals surface area (Å²) in [5.41, 5.74) is 2.87. The van der Waals surface area contributed by atoms with Gasteiger partial charge >= 0.3 is 0 Å². The van der Waals surface area contributed by atoms with Gasteiger partial charge in [-0.2, -0.15) is 0 Å². The van der Waals surface area contributed by atoms with Crippen molar-refractivity contribution in [3.63, 3.8) is 0 Å². The first-order valence-corrected chi connectivity index (χ1v) is 9.19. The molecule has 2 aromatic rings. The summed E-state index contributed by atoms with van der Waals surface area (Å²) in [6, 6.07) is 7.69. The van der Waals surface area contributed by atoms with Crippen LogP contribution in [-0.2, 0) is 19.4 Å². The number of ether oxygens (including phenoxy) is 2. The molecule has 0 aromatic heterocycles. The number of hydrogen-bond donors (Lipinski definition) is 1. The largest absolute Gasteiger partial charge is 0.493 e. The fourth-order valence-electron chi connectivity index (χ4n) is 3.43. The second-order valence-corrected chi connectivity index (χ2v) is 6.61. The van der Waals surface area contributed by atoms with E-state index in [4.69, 9.17) is 9.47 Å². The minimum atomic E-state index is -0.566. The topological polar surface area (TPSA) is 46.1 Å². The van der Waals surface area contributed by atoms with Crippen LogP contribution in [0.2, 0.25) is 0 Å². The molecule has 3 rings (SSSR count). The average molecular weight is 517 g/mol. The first-order valence-electron chi connectivity index (χ1n) is 9.19. The van der Waals surface area contributed by atoms with E-state index in [2.05, 4.69) is 15.2 Å². The number of halogens is 3. The van der Waals surface area contributed by atoms with Crippen LogP contribution in [0.5, 0.6) is 11.5 Å². The van der Waals surface area contributed by atoms with Gasteiger partial charge in [0.15, 0.2) is 17.5 Å². The molecule has 0 saturated heterocycles. The number of methoxy groups -OCH3 is 2. The minimum absolute atomic E-state index is 0. The summed E-state index contributed by atoms with van der Waals surface area (Å²) in [4.78, 5) is 6.50. The van der Waals surface area contributed by atoms with E-state index in [-0.39, 0.29) is 24.0 Å². The molecule has 29 heavy (non-hydrogen) atoms. The molecule has 0 spiro atoms. The normalized spacial score (nSPS) is 13.4. The van der Waals surface area contributed by atoms with Crippen molar-refractivity contribution in [2.24, 2.45) is 4.99 Å². The molecule has 1 aliphatic rings. The number of nitrogens with one attached hydrogen (secondary N) is 1. The van der Waals surface area contributed by atoms with E-state index in [1.807, 2.05) is 12.1 Å². The molecule has 5 nitrogen and oxygen atoms in total. The Morgan fingerprint density at radius 3 is 2.41 bits per heavy atom. The SMILES string of the molecule is CN=C(NCCc1ccc(F)cc1F)N1CCc2cc(OC)c(OC)cc2C1.I. The summed E-state index contributed by atoms with van der Waals surface area (Å²) in [7, 11) is 4.99. The number of aliphatic imine (C=N–C) groups is 1. The van der Waals surface area contributed by atoms with Crippen LogP contribution in [0, 0.1) is 11.6 Å². The van der Waals surface area contributed by atoms with Gasteiger partial charge in [-0.1, -0.05) is 6.07 Å². The lowest BCUT2D eigenvalue weighted by atomic mass is 9.99. The molecule has 0 saturated carbocycles. The van der Waals surface area contributed by atoms with Crippen LogP contribution in [0.1, 0.15) is 16.7 Å². The highest BCUT2D eigenvalue weighted by Gasteiger charge is 2.21. The maximum atomic E-state index is 13.8. The maximum Gasteiger partial charge on any atom is 0.193 e. The van der Waals surface area contributed by atoms with Gasteiger partial charge in [-0.3, -0.25) is 4.99 Å². The smallest absolute Gasteiger partial charge is 0.193 e. The standard InChI is InChI=1S/C21H25F2N3O2.HI/c1-24-21(25-8-6-14-4-5-17(22)12-18(14)23)26-9-7-15-10-19(27-2)20(28-3)11-16(15)13-26;/h4-5,10-12H,6-9,13H2,1-3H3,(H,24,25);1H. The molecule has 1 N–H and O–H groups in total. The average Bonchev–Trinajstić information content (AvgIpc) is 2.71. The van der Waals surface area contributed by atoms with E-state index in [0.717, 1.165) is 36.3 Å². The summed E-state index contributed by atoms with van der Waals surface area (Å²) in [6.45, 7) is 2.01. The number of benzene rings is 2. The highest BCUT2D eigenvalue weighted by atomic mass is 127. The molecular formula is C21H26F2IN3O2. The van der Waals surface area contributed by atoms with Crippen LogP contribution in [0.3, 0.4) is 0 Å². The summed E-state index contributed by atoms with van der Waals surface area (Å²) in [6.07, 6.45) is 1.31. The Balaban J connectivity index is 0.00000300. The van der Waals surface area contributed by atoms with Crippen molar-refractivity contribution < 1.29 is 18.3 Å². The van der Waals surface area contributed by atoms with Crippen LogP contribution in [0.15, 0.2) is 35.3 Å². The molecule has 158 valence electrons. The van der Waals surface area contributed by atoms with Crippen LogP contribution >= 0.6 is 24.0 Å². The van der Waals surface area contributed by atoms with Gasteiger partial charge < -0.3 is 19.7 Å². The molecule has 0 unspecified atom stereocenters. The van der Waals surface area contributed by atoms with E-state index >= 15 is 0 Å². The summed E-state index contributed by atoms with van der Waals surface area (Å²) in [5, 5.41) is 3.27. The van der Waals surface area contributed by atoms with Crippen molar-refractivity contribution in [1.82, 2.24) is 10.2 Å². The molecular weight excluding hydrogens is 491 g/mol. The van der Waals surface area contributed by atoms with Crippen LogP contribution < -0.4 is 14.8 Å². The van der Waals surface area contributed by atoms with E-state index < -0.39 is 11.6 Å². The van der Waals surface area contributed by atoms with Gasteiger partial charge in [0.1, 0.15) is 11.6 Å². The first kappa shape index (κ1) is 23.2. The molecule has 8 heteroatoms. The van der Waals surface area contributed by atoms with Crippen LogP contribution in [0.25, 0.3) is 0 Å². The fourth-order valence-corrected chi connectivity index (χ4v) is 3.43. The lowest BCUT2D eigenvalue weighted by Crippen LogP contribution is -2.44. The lowest BCUT2D eigenvalue weighted by molar-refractivity contribution is 0.346. The van der Waals surface area contributed by atoms with Gasteiger partial charge in [-0.05, 0) is 47.7 Å². The summed E-state index contributed by atoms with van der Waals surface area (Å²) in [5.74, 6) is 1.10. The van der Waals surface area contributed by atoms with E-state index in [1.54, 1.807) is 21.3 Å². The Bertz CT molecular complexity index is 877. The van der Waals surface area contributed by atoms with Crippen molar-refractivity contribution in [2.45, 2.75) is 19.4 Å². The van der Waals surface area contributed by atoms with Gasteiger partial charge in [0.05, 0.1) is 14.2 Å². The lowest BCUT2D eigenvalue weighted by Gasteiger charge is -2.32. The van der Waals surface area contributed by atoms with Crippen LogP contribution in [0.4, 0.5) is 8.78 Å². The van der Waals surface area contributed by atoms with Crippen LogP contribution in [-0.4, -0.2) is 45.2 Å². The second-order valence-electron chi connectivity index (χ2n) is 6.61. The number of nitrogens with zero attached hydrogens (tertiary/aromatic N) is 2. The summed E-state index contributed by atoms with van der Waals surface area (Å²) >= 11 is 0. The first-order chi connectivity index (χ1) is 13.5. The fraction of sp³-hybridized carbons (Fsp3) is 0.381. The van der Waals surface area contributed by atoms with Gasteiger partial charge in [0.2, 0.25) is 0 Å². The van der Waals surface area contributed by atoms with E-state index in [1.165, 1.54) is 17.7 Å². The van der Waals surface area contributed by atoms with Crippen molar-refractivity contribution in [3.8, 4) is 11.5 Å². The minimum Gasteiger partial charge on any atom is -0.493 e. The molecule has 0 atom stereocenters. The molecule has 0 amide bonds. The Labute approximate surface area is 187 Å². The molecule has 1 heterocycles. The third kappa shape index (κ3) is 5.49. The highest BCUT2D eigenvalue weighted by molar-refractivity contribution is 14.0. The Morgan fingerprint density at radius 1 is 1.10 bits per heavy atom. The van der Waals surface area contributed by atoms with Gasteiger partial charge in [0.25, 0.3) is 0 Å². The molecule has 0 aliphatic carbocycles. The molecule has 0 fully saturated rings. The van der Waals surface area contributed by atoms with E-state index in [9.17, 15) is 8.78 Å². The van der Waals surface area contributed by atoms with Crippen molar-refractivity contribution in [1.29, 1.82) is 0 Å². The van der Waals surface area contributed by atoms with Gasteiger partial charge in [-0.25, -0.2) is 8.78 Å². The molecule has 0 bridgehead atoms. The third-order valence-corrected chi connectivity index (χ3v) is 4.92. The van der Waals surface area contributed by atoms with Gasteiger partial charge in [0, 0.05) is 32.7 Å². The predicted molar refractivity (Wildman–Crippen MR) is 120 cm³/mol. The number of rotatable bonds is 5. The maximum absolute atomic E-state index is 13.8. The van der Waals surface area contributed by atoms with E-state index in [0.29, 0.717) is 30.8 Å².